The van der Waals surface area contributed by atoms with E-state index in [0.717, 1.165) is 18.9 Å². The van der Waals surface area contributed by atoms with Gasteiger partial charge in [0.1, 0.15) is 12.4 Å². The zero-order valence-corrected chi connectivity index (χ0v) is 11.8. The van der Waals surface area contributed by atoms with E-state index in [1.807, 2.05) is 11.6 Å². The standard InChI is InChI=1S/C14H23N4/c1-5-6-7-16-8-9-17(14(16)4)11-18-13(3)10-12(2)15-18/h8-10H,5-7,11H2,1-4H3/q+1. The van der Waals surface area contributed by atoms with Crippen LogP contribution in [0.1, 0.15) is 37.0 Å². The lowest BCUT2D eigenvalue weighted by molar-refractivity contribution is -0.708. The van der Waals surface area contributed by atoms with Crippen LogP contribution in [0.25, 0.3) is 0 Å². The van der Waals surface area contributed by atoms with E-state index in [-0.39, 0.29) is 0 Å². The van der Waals surface area contributed by atoms with Crippen LogP contribution in [0.3, 0.4) is 0 Å². The van der Waals surface area contributed by atoms with Gasteiger partial charge in [-0.05, 0) is 26.3 Å². The van der Waals surface area contributed by atoms with E-state index in [9.17, 15) is 0 Å². The van der Waals surface area contributed by atoms with Crippen molar-refractivity contribution in [2.45, 2.75) is 53.8 Å². The average molecular weight is 247 g/mol. The second kappa shape index (κ2) is 5.38. The number of hydrogen-bond acceptors (Lipinski definition) is 1. The molecule has 0 aromatic carbocycles. The topological polar surface area (TPSA) is 26.6 Å². The Morgan fingerprint density at radius 3 is 2.67 bits per heavy atom. The normalized spacial score (nSPS) is 11.1. The molecule has 0 fully saturated rings. The third-order valence-corrected chi connectivity index (χ3v) is 3.40. The molecule has 2 aromatic rings. The smallest absolute Gasteiger partial charge is 0.234 e. The van der Waals surface area contributed by atoms with Gasteiger partial charge in [0.2, 0.25) is 0 Å². The van der Waals surface area contributed by atoms with Crippen molar-refractivity contribution < 1.29 is 4.57 Å². The molecule has 0 bridgehead atoms. The molecule has 0 atom stereocenters. The molecule has 98 valence electrons. The summed E-state index contributed by atoms with van der Waals surface area (Å²) in [6.45, 7) is 10.4. The first-order valence-corrected chi connectivity index (χ1v) is 6.68. The van der Waals surface area contributed by atoms with Gasteiger partial charge < -0.3 is 0 Å². The van der Waals surface area contributed by atoms with Crippen LogP contribution in [0.4, 0.5) is 0 Å². The van der Waals surface area contributed by atoms with E-state index >= 15 is 0 Å². The summed E-state index contributed by atoms with van der Waals surface area (Å²) in [7, 11) is 0. The molecule has 2 aromatic heterocycles. The molecule has 4 heteroatoms. The van der Waals surface area contributed by atoms with Gasteiger partial charge >= 0.3 is 0 Å². The predicted molar refractivity (Wildman–Crippen MR) is 71.4 cm³/mol. The molecule has 2 heterocycles. The maximum atomic E-state index is 4.50. The van der Waals surface area contributed by atoms with Gasteiger partial charge in [-0.3, -0.25) is 0 Å². The Bertz CT molecular complexity index is 522. The van der Waals surface area contributed by atoms with Gasteiger partial charge in [-0.15, -0.1) is 0 Å². The Kier molecular flexibility index (Phi) is 3.84. The Morgan fingerprint density at radius 2 is 2.06 bits per heavy atom. The first kappa shape index (κ1) is 12.9. The molecule has 0 N–H and O–H groups in total. The molecule has 2 rings (SSSR count). The summed E-state index contributed by atoms with van der Waals surface area (Å²) in [4.78, 5) is 0. The summed E-state index contributed by atoms with van der Waals surface area (Å²) in [5.41, 5.74) is 2.29. The van der Waals surface area contributed by atoms with E-state index in [1.54, 1.807) is 0 Å². The molecule has 0 amide bonds. The van der Waals surface area contributed by atoms with Gasteiger partial charge in [-0.2, -0.15) is 5.10 Å². The summed E-state index contributed by atoms with van der Waals surface area (Å²) in [5, 5.41) is 4.50. The highest BCUT2D eigenvalue weighted by Gasteiger charge is 2.13. The van der Waals surface area contributed by atoms with Crippen LogP contribution in [-0.2, 0) is 13.2 Å². The van der Waals surface area contributed by atoms with Crippen molar-refractivity contribution in [1.82, 2.24) is 14.3 Å². The fourth-order valence-electron chi connectivity index (χ4n) is 2.22. The summed E-state index contributed by atoms with van der Waals surface area (Å²) < 4.78 is 6.61. The quantitative estimate of drug-likeness (QED) is 0.744. The fraction of sp³-hybridized carbons (Fsp3) is 0.571. The lowest BCUT2D eigenvalue weighted by Crippen LogP contribution is -2.39. The van der Waals surface area contributed by atoms with Crippen molar-refractivity contribution in [2.24, 2.45) is 0 Å². The largest absolute Gasteiger partial charge is 0.254 e. The van der Waals surface area contributed by atoms with Gasteiger partial charge in [0.15, 0.2) is 6.67 Å². The first-order chi connectivity index (χ1) is 8.61. The number of aromatic nitrogens is 4. The van der Waals surface area contributed by atoms with Gasteiger partial charge in [0, 0.05) is 12.6 Å². The predicted octanol–water partition coefficient (Wildman–Crippen LogP) is 2.20. The molecule has 0 saturated carbocycles. The van der Waals surface area contributed by atoms with E-state index < -0.39 is 0 Å². The van der Waals surface area contributed by atoms with Crippen LogP contribution >= 0.6 is 0 Å². The van der Waals surface area contributed by atoms with Gasteiger partial charge in [-0.1, -0.05) is 13.3 Å². The minimum absolute atomic E-state index is 0.796. The lowest BCUT2D eigenvalue weighted by atomic mass is 10.3. The van der Waals surface area contributed by atoms with Crippen LogP contribution in [-0.4, -0.2) is 14.3 Å². The molecule has 0 aliphatic carbocycles. The molecule has 4 nitrogen and oxygen atoms in total. The third-order valence-electron chi connectivity index (χ3n) is 3.40. The highest BCUT2D eigenvalue weighted by atomic mass is 15.4. The van der Waals surface area contributed by atoms with Crippen molar-refractivity contribution in [2.75, 3.05) is 0 Å². The molecule has 0 aliphatic rings. The maximum Gasteiger partial charge on any atom is 0.254 e. The zero-order chi connectivity index (χ0) is 13.1. The minimum atomic E-state index is 0.796. The number of imidazole rings is 1. The maximum absolute atomic E-state index is 4.50. The Morgan fingerprint density at radius 1 is 1.28 bits per heavy atom. The molecule has 18 heavy (non-hydrogen) atoms. The van der Waals surface area contributed by atoms with Crippen LogP contribution in [0.15, 0.2) is 18.5 Å². The number of hydrogen-bond donors (Lipinski definition) is 0. The molecule has 0 aliphatic heterocycles. The highest BCUT2D eigenvalue weighted by molar-refractivity contribution is 5.06. The minimum Gasteiger partial charge on any atom is -0.234 e. The molecular weight excluding hydrogens is 224 g/mol. The second-order valence-electron chi connectivity index (χ2n) is 4.93. The Hall–Kier alpha value is -1.58. The van der Waals surface area contributed by atoms with Crippen LogP contribution < -0.4 is 4.57 Å². The summed E-state index contributed by atoms with van der Waals surface area (Å²) in [6, 6.07) is 2.12. The van der Waals surface area contributed by atoms with E-state index in [1.165, 1.54) is 24.4 Å². The van der Waals surface area contributed by atoms with Crippen molar-refractivity contribution in [1.29, 1.82) is 0 Å². The molecule has 0 spiro atoms. The van der Waals surface area contributed by atoms with Crippen molar-refractivity contribution in [3.8, 4) is 0 Å². The number of nitrogens with zero attached hydrogens (tertiary/aromatic N) is 4. The highest BCUT2D eigenvalue weighted by Crippen LogP contribution is 2.02. The molecule has 0 saturated heterocycles. The monoisotopic (exact) mass is 247 g/mol. The van der Waals surface area contributed by atoms with Gasteiger partial charge in [0.05, 0.1) is 12.2 Å². The Balaban J connectivity index is 2.14. The molecular formula is C14H23N4+. The van der Waals surface area contributed by atoms with E-state index in [4.69, 9.17) is 0 Å². The van der Waals surface area contributed by atoms with E-state index in [2.05, 4.69) is 53.5 Å². The second-order valence-corrected chi connectivity index (χ2v) is 4.93. The number of unbranched alkanes of at least 4 members (excludes halogenated alkanes) is 1. The first-order valence-electron chi connectivity index (χ1n) is 6.68. The summed E-state index contributed by atoms with van der Waals surface area (Å²) >= 11 is 0. The van der Waals surface area contributed by atoms with Gasteiger partial charge in [-0.25, -0.2) is 13.8 Å². The summed E-state index contributed by atoms with van der Waals surface area (Å²) in [5.74, 6) is 1.29. The van der Waals surface area contributed by atoms with Crippen molar-refractivity contribution >= 4 is 0 Å². The molecule has 0 unspecified atom stereocenters. The van der Waals surface area contributed by atoms with Crippen molar-refractivity contribution in [3.05, 3.63) is 35.7 Å². The van der Waals surface area contributed by atoms with Crippen LogP contribution in [0.5, 0.6) is 0 Å². The fourth-order valence-corrected chi connectivity index (χ4v) is 2.22. The summed E-state index contributed by atoms with van der Waals surface area (Å²) in [6.07, 6.45) is 6.77. The number of aryl methyl sites for hydroxylation is 3. The lowest BCUT2D eigenvalue weighted by Gasteiger charge is -2.03. The van der Waals surface area contributed by atoms with Crippen molar-refractivity contribution in [3.63, 3.8) is 0 Å². The number of rotatable bonds is 5. The SMILES string of the molecule is CCCCn1cc[n+](Cn2nc(C)cc2C)c1C. The zero-order valence-electron chi connectivity index (χ0n) is 11.8. The third kappa shape index (κ3) is 2.63. The average Bonchev–Trinajstić information content (AvgIpc) is 2.82. The van der Waals surface area contributed by atoms with Gasteiger partial charge in [0.25, 0.3) is 5.82 Å². The van der Waals surface area contributed by atoms with Crippen LogP contribution in [0, 0.1) is 20.8 Å². The Labute approximate surface area is 109 Å². The van der Waals surface area contributed by atoms with Crippen LogP contribution in [0.2, 0.25) is 0 Å². The molecule has 0 radical (unpaired) electrons. The van der Waals surface area contributed by atoms with E-state index in [0.29, 0.717) is 0 Å².